The van der Waals surface area contributed by atoms with Gasteiger partial charge in [-0.3, -0.25) is 4.79 Å². The van der Waals surface area contributed by atoms with Gasteiger partial charge in [0.25, 0.3) is 0 Å². The zero-order valence-electron chi connectivity index (χ0n) is 13.1. The molecule has 118 valence electrons. The van der Waals surface area contributed by atoms with Crippen LogP contribution in [0.4, 0.5) is 11.4 Å². The first-order valence-electron chi connectivity index (χ1n) is 7.45. The molecule has 1 N–H and O–H groups in total. The monoisotopic (exact) mass is 342 g/mol. The number of rotatable bonds is 3. The molecule has 2 aromatic rings. The summed E-state index contributed by atoms with van der Waals surface area (Å²) in [7, 11) is 0. The number of hydrogen-bond donors (Lipinski definition) is 1. The number of aliphatic imine (C=N–C) groups is 1. The van der Waals surface area contributed by atoms with Crippen molar-refractivity contribution >= 4 is 45.2 Å². The number of anilines is 1. The molecule has 1 atom stereocenters. The number of nitrogens with zero attached hydrogens (tertiary/aromatic N) is 1. The van der Waals surface area contributed by atoms with E-state index < -0.39 is 0 Å². The van der Waals surface area contributed by atoms with Gasteiger partial charge in [-0.15, -0.1) is 0 Å². The summed E-state index contributed by atoms with van der Waals surface area (Å²) < 4.78 is 0.954. The molecule has 2 aromatic carbocycles. The van der Waals surface area contributed by atoms with E-state index >= 15 is 0 Å². The van der Waals surface area contributed by atoms with Gasteiger partial charge in [0.05, 0.1) is 10.9 Å². The van der Waals surface area contributed by atoms with Crippen LogP contribution in [0.2, 0.25) is 0 Å². The van der Waals surface area contributed by atoms with Crippen LogP contribution in [-0.2, 0) is 10.5 Å². The molecule has 1 amide bonds. The van der Waals surface area contributed by atoms with Crippen LogP contribution in [0.5, 0.6) is 0 Å². The van der Waals surface area contributed by atoms with Crippen molar-refractivity contribution < 1.29 is 4.79 Å². The van der Waals surface area contributed by atoms with Crippen molar-refractivity contribution in [2.24, 2.45) is 4.99 Å². The van der Waals surface area contributed by atoms with Gasteiger partial charge in [0, 0.05) is 11.4 Å². The van der Waals surface area contributed by atoms with Crippen molar-refractivity contribution in [3.05, 3.63) is 59.7 Å². The SMILES string of the molecule is Cc1ccc(NC(=O)[C@@H](C)SC2=Nc3ccccc3CS2)cc1. The molecule has 1 aliphatic rings. The summed E-state index contributed by atoms with van der Waals surface area (Å²) >= 11 is 3.21. The number of fused-ring (bicyclic) bond motifs is 1. The first kappa shape index (κ1) is 16.1. The zero-order chi connectivity index (χ0) is 16.2. The van der Waals surface area contributed by atoms with Crippen LogP contribution >= 0.6 is 23.5 Å². The zero-order valence-corrected chi connectivity index (χ0v) is 14.7. The highest BCUT2D eigenvalue weighted by molar-refractivity contribution is 8.39. The molecule has 0 bridgehead atoms. The highest BCUT2D eigenvalue weighted by Gasteiger charge is 2.20. The van der Waals surface area contributed by atoms with E-state index in [1.807, 2.05) is 56.3 Å². The maximum absolute atomic E-state index is 12.3. The van der Waals surface area contributed by atoms with Gasteiger partial charge in [0.1, 0.15) is 4.38 Å². The molecule has 0 unspecified atom stereocenters. The fourth-order valence-corrected chi connectivity index (χ4v) is 4.35. The third kappa shape index (κ3) is 4.18. The first-order valence-corrected chi connectivity index (χ1v) is 9.32. The number of thioether (sulfide) groups is 2. The largest absolute Gasteiger partial charge is 0.325 e. The lowest BCUT2D eigenvalue weighted by atomic mass is 10.2. The molecule has 0 radical (unpaired) electrons. The van der Waals surface area contributed by atoms with E-state index in [2.05, 4.69) is 16.4 Å². The number of hydrogen-bond acceptors (Lipinski definition) is 4. The summed E-state index contributed by atoms with van der Waals surface area (Å²) in [4.78, 5) is 17.0. The van der Waals surface area contributed by atoms with Gasteiger partial charge in [0.15, 0.2) is 0 Å². The van der Waals surface area contributed by atoms with E-state index in [0.29, 0.717) is 0 Å². The maximum Gasteiger partial charge on any atom is 0.237 e. The van der Waals surface area contributed by atoms with E-state index in [9.17, 15) is 4.79 Å². The molecule has 0 aliphatic carbocycles. The molecule has 0 aromatic heterocycles. The van der Waals surface area contributed by atoms with Crippen LogP contribution in [0.25, 0.3) is 0 Å². The van der Waals surface area contributed by atoms with Crippen molar-refractivity contribution in [2.75, 3.05) is 5.32 Å². The van der Waals surface area contributed by atoms with Crippen LogP contribution in [0.15, 0.2) is 53.5 Å². The van der Waals surface area contributed by atoms with Crippen molar-refractivity contribution in [1.82, 2.24) is 0 Å². The van der Waals surface area contributed by atoms with Crippen LogP contribution in [0, 0.1) is 6.92 Å². The van der Waals surface area contributed by atoms with Gasteiger partial charge < -0.3 is 5.32 Å². The van der Waals surface area contributed by atoms with Gasteiger partial charge in [0.2, 0.25) is 5.91 Å². The van der Waals surface area contributed by atoms with E-state index in [1.54, 1.807) is 11.8 Å². The van der Waals surface area contributed by atoms with Gasteiger partial charge >= 0.3 is 0 Å². The Kier molecular flexibility index (Phi) is 5.08. The lowest BCUT2D eigenvalue weighted by Crippen LogP contribution is -2.23. The Bertz CT molecular complexity index is 741. The predicted molar refractivity (Wildman–Crippen MR) is 102 cm³/mol. The third-order valence-corrected chi connectivity index (χ3v) is 5.82. The number of carbonyl (C=O) groups is 1. The highest BCUT2D eigenvalue weighted by atomic mass is 32.2. The summed E-state index contributed by atoms with van der Waals surface area (Å²) in [5, 5.41) is 2.77. The normalized spacial score (nSPS) is 14.6. The molecular weight excluding hydrogens is 324 g/mol. The molecule has 0 spiro atoms. The number of para-hydroxylation sites is 1. The molecular formula is C18H18N2OS2. The van der Waals surface area contributed by atoms with Crippen LogP contribution in [-0.4, -0.2) is 15.5 Å². The topological polar surface area (TPSA) is 41.5 Å². The average Bonchev–Trinajstić information content (AvgIpc) is 2.56. The third-order valence-electron chi connectivity index (χ3n) is 3.52. The average molecular weight is 342 g/mol. The van der Waals surface area contributed by atoms with E-state index in [-0.39, 0.29) is 11.2 Å². The van der Waals surface area contributed by atoms with Crippen molar-refractivity contribution in [1.29, 1.82) is 0 Å². The van der Waals surface area contributed by atoms with Crippen LogP contribution in [0.1, 0.15) is 18.1 Å². The lowest BCUT2D eigenvalue weighted by Gasteiger charge is -2.17. The molecule has 0 saturated carbocycles. The molecule has 5 heteroatoms. The molecule has 0 fully saturated rings. The van der Waals surface area contributed by atoms with Gasteiger partial charge in [-0.05, 0) is 37.6 Å². The molecule has 3 nitrogen and oxygen atoms in total. The van der Waals surface area contributed by atoms with Gasteiger partial charge in [-0.1, -0.05) is 59.4 Å². The number of nitrogens with one attached hydrogen (secondary N) is 1. The van der Waals surface area contributed by atoms with Gasteiger partial charge in [-0.2, -0.15) is 0 Å². The summed E-state index contributed by atoms with van der Waals surface area (Å²) in [6, 6.07) is 16.0. The smallest absolute Gasteiger partial charge is 0.237 e. The lowest BCUT2D eigenvalue weighted by molar-refractivity contribution is -0.115. The fraction of sp³-hybridized carbons (Fsp3) is 0.222. The predicted octanol–water partition coefficient (Wildman–Crippen LogP) is 4.99. The number of carbonyl (C=O) groups excluding carboxylic acids is 1. The van der Waals surface area contributed by atoms with Gasteiger partial charge in [-0.25, -0.2) is 4.99 Å². The van der Waals surface area contributed by atoms with Crippen molar-refractivity contribution in [3.8, 4) is 0 Å². The minimum atomic E-state index is -0.187. The summed E-state index contributed by atoms with van der Waals surface area (Å²) in [6.07, 6.45) is 0. The van der Waals surface area contributed by atoms with Crippen LogP contribution < -0.4 is 5.32 Å². The summed E-state index contributed by atoms with van der Waals surface area (Å²) in [5.74, 6) is 0.912. The highest BCUT2D eigenvalue weighted by Crippen LogP contribution is 2.35. The summed E-state index contributed by atoms with van der Waals surface area (Å²) in [5.41, 5.74) is 4.27. The van der Waals surface area contributed by atoms with Crippen molar-refractivity contribution in [3.63, 3.8) is 0 Å². The van der Waals surface area contributed by atoms with E-state index in [1.165, 1.54) is 22.9 Å². The number of amides is 1. The Morgan fingerprint density at radius 3 is 2.74 bits per heavy atom. The molecule has 1 aliphatic heterocycles. The second kappa shape index (κ2) is 7.23. The second-order valence-electron chi connectivity index (χ2n) is 5.41. The molecule has 23 heavy (non-hydrogen) atoms. The number of aryl methyl sites for hydroxylation is 1. The molecule has 3 rings (SSSR count). The minimum absolute atomic E-state index is 0.000937. The Morgan fingerprint density at radius 2 is 1.96 bits per heavy atom. The van der Waals surface area contributed by atoms with E-state index in [0.717, 1.165) is 21.5 Å². The maximum atomic E-state index is 12.3. The first-order chi connectivity index (χ1) is 11.1. The molecule has 1 heterocycles. The van der Waals surface area contributed by atoms with Crippen LogP contribution in [0.3, 0.4) is 0 Å². The second-order valence-corrected chi connectivity index (χ2v) is 7.96. The Balaban J connectivity index is 1.63. The Labute approximate surface area is 145 Å². The standard InChI is InChI=1S/C18H18N2OS2/c1-12-7-9-15(10-8-12)19-17(21)13(2)23-18-20-16-6-4-3-5-14(16)11-22-18/h3-10,13H,11H2,1-2H3,(H,19,21)/t13-/m1/s1. The molecule has 0 saturated heterocycles. The quantitative estimate of drug-likeness (QED) is 0.854. The van der Waals surface area contributed by atoms with Crippen molar-refractivity contribution in [2.45, 2.75) is 24.9 Å². The van der Waals surface area contributed by atoms with E-state index in [4.69, 9.17) is 0 Å². The summed E-state index contributed by atoms with van der Waals surface area (Å²) in [6.45, 7) is 3.94. The minimum Gasteiger partial charge on any atom is -0.325 e. The Hall–Kier alpha value is -1.72. The fourth-order valence-electron chi connectivity index (χ4n) is 2.16. The Morgan fingerprint density at radius 1 is 1.22 bits per heavy atom. The number of benzene rings is 2.